The van der Waals surface area contributed by atoms with Gasteiger partial charge in [0.1, 0.15) is 11.5 Å². The second-order valence-electron chi connectivity index (χ2n) is 4.58. The van der Waals surface area contributed by atoms with E-state index >= 15 is 0 Å². The van der Waals surface area contributed by atoms with Crippen LogP contribution >= 0.6 is 23.2 Å². The fourth-order valence-corrected chi connectivity index (χ4v) is 2.65. The van der Waals surface area contributed by atoms with Crippen molar-refractivity contribution in [3.05, 3.63) is 46.4 Å². The van der Waals surface area contributed by atoms with Crippen LogP contribution in [0.15, 0.2) is 36.4 Å². The molecule has 0 atom stereocenters. The Morgan fingerprint density at radius 1 is 0.957 bits per heavy atom. The number of aromatic nitrogens is 4. The summed E-state index contributed by atoms with van der Waals surface area (Å²) in [6.07, 6.45) is 0. The van der Waals surface area contributed by atoms with Crippen molar-refractivity contribution in [2.45, 2.75) is 0 Å². The Balaban J connectivity index is 2.10. The summed E-state index contributed by atoms with van der Waals surface area (Å²) in [5.74, 6) is 1.78. The van der Waals surface area contributed by atoms with Crippen molar-refractivity contribution in [2.24, 2.45) is 0 Å². The average Bonchev–Trinajstić information content (AvgIpc) is 3.04. The summed E-state index contributed by atoms with van der Waals surface area (Å²) in [6, 6.07) is 10.7. The number of hydrogen-bond acceptors (Lipinski definition) is 5. The minimum Gasteiger partial charge on any atom is -0.497 e. The quantitative estimate of drug-likeness (QED) is 0.718. The van der Waals surface area contributed by atoms with Crippen LogP contribution in [-0.4, -0.2) is 34.4 Å². The van der Waals surface area contributed by atoms with E-state index in [0.717, 1.165) is 11.3 Å². The first-order valence-electron chi connectivity index (χ1n) is 6.60. The lowest BCUT2D eigenvalue weighted by Crippen LogP contribution is -2.02. The molecule has 0 amide bonds. The lowest BCUT2D eigenvalue weighted by Gasteiger charge is -2.10. The van der Waals surface area contributed by atoms with Gasteiger partial charge in [-0.1, -0.05) is 23.2 Å². The van der Waals surface area contributed by atoms with Crippen LogP contribution in [0.5, 0.6) is 11.5 Å². The summed E-state index contributed by atoms with van der Waals surface area (Å²) in [5.41, 5.74) is 1.39. The van der Waals surface area contributed by atoms with Crippen LogP contribution in [0.1, 0.15) is 0 Å². The zero-order chi connectivity index (χ0) is 16.4. The number of tetrazole rings is 1. The van der Waals surface area contributed by atoms with Gasteiger partial charge < -0.3 is 9.47 Å². The SMILES string of the molecule is COc1ccc(-c2nnnn2-c2cc(OC)c(Cl)cc2Cl)cc1. The van der Waals surface area contributed by atoms with Crippen molar-refractivity contribution >= 4 is 23.2 Å². The minimum absolute atomic E-state index is 0.415. The highest BCUT2D eigenvalue weighted by molar-refractivity contribution is 6.36. The maximum absolute atomic E-state index is 6.28. The van der Waals surface area contributed by atoms with E-state index in [4.69, 9.17) is 32.7 Å². The number of nitrogens with zero attached hydrogens (tertiary/aromatic N) is 4. The summed E-state index contributed by atoms with van der Waals surface area (Å²) >= 11 is 12.3. The molecule has 0 aliphatic rings. The number of rotatable bonds is 4. The molecule has 0 N–H and O–H groups in total. The topological polar surface area (TPSA) is 62.1 Å². The summed E-state index contributed by atoms with van der Waals surface area (Å²) < 4.78 is 11.9. The van der Waals surface area contributed by atoms with E-state index < -0.39 is 0 Å². The van der Waals surface area contributed by atoms with Crippen molar-refractivity contribution in [2.75, 3.05) is 14.2 Å². The Morgan fingerprint density at radius 3 is 2.35 bits per heavy atom. The van der Waals surface area contributed by atoms with Crippen molar-refractivity contribution in [3.8, 4) is 28.6 Å². The Bertz CT molecular complexity index is 834. The van der Waals surface area contributed by atoms with E-state index in [2.05, 4.69) is 15.5 Å². The average molecular weight is 351 g/mol. The zero-order valence-corrected chi connectivity index (χ0v) is 13.8. The molecule has 0 bridgehead atoms. The number of benzene rings is 2. The molecule has 0 fully saturated rings. The van der Waals surface area contributed by atoms with Gasteiger partial charge in [-0.2, -0.15) is 4.68 Å². The molecule has 8 heteroatoms. The van der Waals surface area contributed by atoms with Gasteiger partial charge >= 0.3 is 0 Å². The molecule has 0 aliphatic heterocycles. The molecule has 0 radical (unpaired) electrons. The van der Waals surface area contributed by atoms with Gasteiger partial charge in [-0.15, -0.1) is 5.10 Å². The van der Waals surface area contributed by atoms with Crippen molar-refractivity contribution < 1.29 is 9.47 Å². The van der Waals surface area contributed by atoms with Gasteiger partial charge in [0.05, 0.1) is 30.0 Å². The second-order valence-corrected chi connectivity index (χ2v) is 5.40. The summed E-state index contributed by atoms with van der Waals surface area (Å²) in [4.78, 5) is 0. The number of hydrogen-bond donors (Lipinski definition) is 0. The first-order valence-corrected chi connectivity index (χ1v) is 7.36. The van der Waals surface area contributed by atoms with E-state index in [0.29, 0.717) is 27.3 Å². The molecule has 3 aromatic rings. The molecule has 0 saturated carbocycles. The zero-order valence-electron chi connectivity index (χ0n) is 12.3. The standard InChI is InChI=1S/C15H12Cl2N4O2/c1-22-10-5-3-9(4-6-10)15-18-19-20-21(15)13-8-14(23-2)12(17)7-11(13)16/h3-8H,1-2H3. The molecular weight excluding hydrogens is 339 g/mol. The van der Waals surface area contributed by atoms with Crippen LogP contribution in [0, 0.1) is 0 Å². The predicted molar refractivity (Wildman–Crippen MR) is 87.7 cm³/mol. The van der Waals surface area contributed by atoms with Crippen LogP contribution in [0.4, 0.5) is 0 Å². The second kappa shape index (κ2) is 6.44. The Kier molecular flexibility index (Phi) is 4.36. The van der Waals surface area contributed by atoms with Gasteiger partial charge in [0.15, 0.2) is 5.82 Å². The summed E-state index contributed by atoms with van der Waals surface area (Å²) in [7, 11) is 3.14. The number of methoxy groups -OCH3 is 2. The summed E-state index contributed by atoms with van der Waals surface area (Å²) in [5, 5.41) is 12.6. The number of ether oxygens (including phenoxy) is 2. The third-order valence-electron chi connectivity index (χ3n) is 3.27. The van der Waals surface area contributed by atoms with Gasteiger partial charge in [-0.05, 0) is 40.8 Å². The Labute approximate surface area is 142 Å². The molecule has 0 spiro atoms. The highest BCUT2D eigenvalue weighted by atomic mass is 35.5. The third-order valence-corrected chi connectivity index (χ3v) is 3.87. The molecule has 1 aromatic heterocycles. The van der Waals surface area contributed by atoms with E-state index in [1.54, 1.807) is 19.2 Å². The van der Waals surface area contributed by atoms with Gasteiger partial charge in [0.25, 0.3) is 0 Å². The Hall–Kier alpha value is -2.31. The van der Waals surface area contributed by atoms with Gasteiger partial charge in [0, 0.05) is 11.6 Å². The third kappa shape index (κ3) is 2.95. The molecule has 0 unspecified atom stereocenters. The molecular formula is C15H12Cl2N4O2. The van der Waals surface area contributed by atoms with Gasteiger partial charge in [-0.25, -0.2) is 0 Å². The molecule has 23 heavy (non-hydrogen) atoms. The molecule has 118 valence electrons. The molecule has 0 aliphatic carbocycles. The Morgan fingerprint density at radius 2 is 1.70 bits per heavy atom. The first-order chi connectivity index (χ1) is 11.1. The fraction of sp³-hybridized carbons (Fsp3) is 0.133. The molecule has 6 nitrogen and oxygen atoms in total. The minimum atomic E-state index is 0.415. The lowest BCUT2D eigenvalue weighted by atomic mass is 10.2. The smallest absolute Gasteiger partial charge is 0.187 e. The molecule has 0 saturated heterocycles. The van der Waals surface area contributed by atoms with E-state index in [-0.39, 0.29) is 0 Å². The summed E-state index contributed by atoms with van der Waals surface area (Å²) in [6.45, 7) is 0. The van der Waals surface area contributed by atoms with Gasteiger partial charge in [-0.3, -0.25) is 0 Å². The highest BCUT2D eigenvalue weighted by Crippen LogP contribution is 2.34. The molecule has 1 heterocycles. The molecule has 3 rings (SSSR count). The van der Waals surface area contributed by atoms with Crippen LogP contribution < -0.4 is 9.47 Å². The monoisotopic (exact) mass is 350 g/mol. The maximum atomic E-state index is 6.28. The highest BCUT2D eigenvalue weighted by Gasteiger charge is 2.16. The maximum Gasteiger partial charge on any atom is 0.187 e. The van der Waals surface area contributed by atoms with E-state index in [1.165, 1.54) is 11.8 Å². The molecule has 2 aromatic carbocycles. The normalized spacial score (nSPS) is 10.6. The van der Waals surface area contributed by atoms with E-state index in [1.807, 2.05) is 24.3 Å². The van der Waals surface area contributed by atoms with Crippen LogP contribution in [0.25, 0.3) is 17.1 Å². The first kappa shape index (κ1) is 15.6. The number of halogens is 2. The fourth-order valence-electron chi connectivity index (χ4n) is 2.11. The van der Waals surface area contributed by atoms with Crippen LogP contribution in [-0.2, 0) is 0 Å². The van der Waals surface area contributed by atoms with Crippen molar-refractivity contribution in [1.82, 2.24) is 20.2 Å². The van der Waals surface area contributed by atoms with Crippen LogP contribution in [0.2, 0.25) is 10.0 Å². The lowest BCUT2D eigenvalue weighted by molar-refractivity contribution is 0.414. The largest absolute Gasteiger partial charge is 0.497 e. The van der Waals surface area contributed by atoms with E-state index in [9.17, 15) is 0 Å². The van der Waals surface area contributed by atoms with Crippen molar-refractivity contribution in [3.63, 3.8) is 0 Å². The predicted octanol–water partition coefficient (Wildman–Crippen LogP) is 3.65. The van der Waals surface area contributed by atoms with Crippen LogP contribution in [0.3, 0.4) is 0 Å². The van der Waals surface area contributed by atoms with Gasteiger partial charge in [0.2, 0.25) is 0 Å². The van der Waals surface area contributed by atoms with Crippen molar-refractivity contribution in [1.29, 1.82) is 0 Å².